The first-order valence-corrected chi connectivity index (χ1v) is 2.74. The van der Waals surface area contributed by atoms with Gasteiger partial charge in [0.1, 0.15) is 0 Å². The summed E-state index contributed by atoms with van der Waals surface area (Å²) in [6, 6.07) is 3.30. The minimum atomic E-state index is 1.08. The Hall–Kier alpha value is -0.0400. The molecule has 3 aliphatic rings. The van der Waals surface area contributed by atoms with Crippen LogP contribution in [0.3, 0.4) is 0 Å². The third-order valence-corrected chi connectivity index (χ3v) is 2.57. The Morgan fingerprint density at radius 2 is 1.83 bits per heavy atom. The van der Waals surface area contributed by atoms with Crippen molar-refractivity contribution in [1.82, 2.24) is 4.90 Å². The zero-order valence-corrected chi connectivity index (χ0v) is 3.59. The number of fused-ring (bicyclic) bond motifs is 1. The smallest absolute Gasteiger partial charge is 0.0273 e. The lowest BCUT2D eigenvalue weighted by Crippen LogP contribution is -2.37. The monoisotopic (exact) mass is 81.1 g/mol. The molecule has 0 aromatic carbocycles. The van der Waals surface area contributed by atoms with Crippen molar-refractivity contribution in [2.45, 2.75) is 31.0 Å². The maximum absolute atomic E-state index is 2.61. The van der Waals surface area contributed by atoms with E-state index in [0.717, 1.165) is 18.1 Å². The second-order valence-corrected chi connectivity index (χ2v) is 2.71. The Labute approximate surface area is 36.9 Å². The molecule has 3 heterocycles. The molecule has 0 aromatic heterocycles. The maximum atomic E-state index is 2.61. The first kappa shape index (κ1) is 2.31. The summed E-state index contributed by atoms with van der Waals surface area (Å²) in [5.74, 6) is 0. The summed E-state index contributed by atoms with van der Waals surface area (Å²) in [6.45, 7) is 0. The van der Waals surface area contributed by atoms with E-state index in [9.17, 15) is 0 Å². The van der Waals surface area contributed by atoms with Crippen LogP contribution < -0.4 is 0 Å². The van der Waals surface area contributed by atoms with Crippen molar-refractivity contribution in [2.24, 2.45) is 0 Å². The summed E-state index contributed by atoms with van der Waals surface area (Å²) in [7, 11) is 0. The summed E-state index contributed by atoms with van der Waals surface area (Å²) in [5.41, 5.74) is 0. The van der Waals surface area contributed by atoms with E-state index < -0.39 is 0 Å². The standard InChI is InChI=1S/C5H7N/c1-3-2-5-4(1)6(3)5/h3-5H,1-2H2. The van der Waals surface area contributed by atoms with Gasteiger partial charge in [0.15, 0.2) is 0 Å². The molecule has 32 valence electrons. The fourth-order valence-corrected chi connectivity index (χ4v) is 2.08. The highest BCUT2D eigenvalue weighted by Crippen LogP contribution is 2.59. The van der Waals surface area contributed by atoms with Gasteiger partial charge in [0.05, 0.1) is 0 Å². The highest BCUT2D eigenvalue weighted by atomic mass is 15.5. The zero-order chi connectivity index (χ0) is 3.72. The van der Waals surface area contributed by atoms with Crippen molar-refractivity contribution in [3.05, 3.63) is 0 Å². The summed E-state index contributed by atoms with van der Waals surface area (Å²) >= 11 is 0. The largest absolute Gasteiger partial charge is 0.291 e. The molecule has 0 bridgehead atoms. The second kappa shape index (κ2) is 0.399. The summed E-state index contributed by atoms with van der Waals surface area (Å²) in [6.07, 6.45) is 3.09. The molecule has 3 saturated heterocycles. The van der Waals surface area contributed by atoms with Crippen LogP contribution in [0, 0.1) is 0 Å². The molecule has 0 aromatic rings. The van der Waals surface area contributed by atoms with Gasteiger partial charge in [-0.25, -0.2) is 0 Å². The molecule has 1 heteroatoms. The lowest BCUT2D eigenvalue weighted by Gasteiger charge is -2.30. The van der Waals surface area contributed by atoms with E-state index >= 15 is 0 Å². The second-order valence-electron chi connectivity index (χ2n) is 2.71. The van der Waals surface area contributed by atoms with Gasteiger partial charge in [0, 0.05) is 18.1 Å². The van der Waals surface area contributed by atoms with Crippen LogP contribution in [0.5, 0.6) is 0 Å². The van der Waals surface area contributed by atoms with Gasteiger partial charge >= 0.3 is 0 Å². The topological polar surface area (TPSA) is 3.01 Å². The molecule has 2 atom stereocenters. The highest BCUT2D eigenvalue weighted by molar-refractivity contribution is 5.26. The van der Waals surface area contributed by atoms with Crippen molar-refractivity contribution in [2.75, 3.05) is 0 Å². The molecule has 1 nitrogen and oxygen atoms in total. The molecule has 0 spiro atoms. The average Bonchev–Trinajstić information content (AvgIpc) is 2.03. The van der Waals surface area contributed by atoms with Crippen LogP contribution in [-0.4, -0.2) is 23.0 Å². The lowest BCUT2D eigenvalue weighted by atomic mass is 10.1. The van der Waals surface area contributed by atoms with E-state index in [1.54, 1.807) is 12.8 Å². The van der Waals surface area contributed by atoms with Gasteiger partial charge < -0.3 is 0 Å². The van der Waals surface area contributed by atoms with Gasteiger partial charge in [-0.1, -0.05) is 0 Å². The summed E-state index contributed by atoms with van der Waals surface area (Å²) in [4.78, 5) is 2.61. The Kier molecular flexibility index (Phi) is 0.154. The van der Waals surface area contributed by atoms with E-state index in [0.29, 0.717) is 0 Å². The Morgan fingerprint density at radius 3 is 1.83 bits per heavy atom. The molecule has 3 fully saturated rings. The van der Waals surface area contributed by atoms with E-state index in [2.05, 4.69) is 4.90 Å². The predicted molar refractivity (Wildman–Crippen MR) is 22.4 cm³/mol. The van der Waals surface area contributed by atoms with Crippen LogP contribution in [0.4, 0.5) is 0 Å². The molecule has 0 amide bonds. The number of hydrogen-bond donors (Lipinski definition) is 0. The summed E-state index contributed by atoms with van der Waals surface area (Å²) in [5, 5.41) is 0. The van der Waals surface area contributed by atoms with Crippen LogP contribution in [0.2, 0.25) is 0 Å². The van der Waals surface area contributed by atoms with Crippen molar-refractivity contribution < 1.29 is 0 Å². The Morgan fingerprint density at radius 1 is 1.17 bits per heavy atom. The minimum Gasteiger partial charge on any atom is -0.291 e. The van der Waals surface area contributed by atoms with Crippen molar-refractivity contribution in [3.8, 4) is 0 Å². The van der Waals surface area contributed by atoms with E-state index in [1.165, 1.54) is 0 Å². The van der Waals surface area contributed by atoms with Crippen LogP contribution in [0.15, 0.2) is 0 Å². The Bertz CT molecular complexity index is 81.4. The minimum absolute atomic E-state index is 1.08. The van der Waals surface area contributed by atoms with Crippen molar-refractivity contribution in [1.29, 1.82) is 0 Å². The van der Waals surface area contributed by atoms with Gasteiger partial charge in [-0.2, -0.15) is 0 Å². The summed E-state index contributed by atoms with van der Waals surface area (Å²) < 4.78 is 0. The van der Waals surface area contributed by atoms with E-state index in [4.69, 9.17) is 0 Å². The van der Waals surface area contributed by atoms with Crippen LogP contribution in [0.25, 0.3) is 0 Å². The predicted octanol–water partition coefficient (Wildman–Crippen LogP) is 0.215. The molecule has 0 saturated carbocycles. The molecule has 0 aliphatic carbocycles. The molecule has 2 unspecified atom stereocenters. The van der Waals surface area contributed by atoms with Crippen molar-refractivity contribution in [3.63, 3.8) is 0 Å². The molecule has 6 heavy (non-hydrogen) atoms. The van der Waals surface area contributed by atoms with Gasteiger partial charge in [-0.3, -0.25) is 4.90 Å². The molecule has 3 aliphatic heterocycles. The Balaban J connectivity index is 2.21. The van der Waals surface area contributed by atoms with Gasteiger partial charge in [0.25, 0.3) is 0 Å². The highest BCUT2D eigenvalue weighted by Gasteiger charge is 2.69. The number of rotatable bonds is 0. The van der Waals surface area contributed by atoms with Crippen LogP contribution in [0.1, 0.15) is 12.8 Å². The first-order valence-electron chi connectivity index (χ1n) is 2.74. The SMILES string of the molecule is C1C2CC3C1N23. The normalized spacial score (nSPS) is 80.0. The van der Waals surface area contributed by atoms with Crippen LogP contribution >= 0.6 is 0 Å². The number of piperidine rings is 1. The van der Waals surface area contributed by atoms with Gasteiger partial charge in [-0.15, -0.1) is 0 Å². The van der Waals surface area contributed by atoms with Gasteiger partial charge in [0.2, 0.25) is 0 Å². The molecule has 0 N–H and O–H groups in total. The van der Waals surface area contributed by atoms with Crippen molar-refractivity contribution >= 4 is 0 Å². The third kappa shape index (κ3) is 0.0719. The number of hydrogen-bond acceptors (Lipinski definition) is 1. The van der Waals surface area contributed by atoms with Crippen LogP contribution in [-0.2, 0) is 0 Å². The molecular formula is C5H7N. The molecule has 3 rings (SSSR count). The van der Waals surface area contributed by atoms with E-state index in [1.807, 2.05) is 0 Å². The maximum Gasteiger partial charge on any atom is 0.0273 e. The van der Waals surface area contributed by atoms with Gasteiger partial charge in [-0.05, 0) is 12.8 Å². The molecule has 0 radical (unpaired) electrons. The zero-order valence-electron chi connectivity index (χ0n) is 3.59. The number of nitrogens with zero attached hydrogens (tertiary/aromatic N) is 1. The fraction of sp³-hybridized carbons (Fsp3) is 1.00. The third-order valence-electron chi connectivity index (χ3n) is 2.57. The first-order chi connectivity index (χ1) is 2.97. The average molecular weight is 81.1 g/mol. The fourth-order valence-electron chi connectivity index (χ4n) is 2.08. The quantitative estimate of drug-likeness (QED) is 0.377. The lowest BCUT2D eigenvalue weighted by molar-refractivity contribution is 0.174. The molecular weight excluding hydrogens is 74.1 g/mol. The van der Waals surface area contributed by atoms with E-state index in [-0.39, 0.29) is 0 Å².